The molecule has 0 aliphatic rings. The molecule has 0 spiro atoms. The van der Waals surface area contributed by atoms with Gasteiger partial charge in [0.1, 0.15) is 6.04 Å². The standard InChI is InChI=1S/C11H15NO3S/c1-3-6-15-11(14)8(2)12-10(13)9-5-4-7-16-9/h4-5,7-8H,3,6H2,1-2H3,(H,12,13)/t8-/m1/s1. The summed E-state index contributed by atoms with van der Waals surface area (Å²) in [6.07, 6.45) is 0.775. The first-order chi connectivity index (χ1) is 7.65. The maximum Gasteiger partial charge on any atom is 0.328 e. The van der Waals surface area contributed by atoms with Crippen LogP contribution in [0.15, 0.2) is 17.5 Å². The summed E-state index contributed by atoms with van der Waals surface area (Å²) in [5.41, 5.74) is 0. The maximum absolute atomic E-state index is 11.6. The summed E-state index contributed by atoms with van der Waals surface area (Å²) in [5.74, 6) is -0.636. The monoisotopic (exact) mass is 241 g/mol. The zero-order valence-electron chi connectivity index (χ0n) is 9.36. The van der Waals surface area contributed by atoms with Gasteiger partial charge in [0, 0.05) is 0 Å². The Morgan fingerprint density at radius 1 is 1.56 bits per heavy atom. The highest BCUT2D eigenvalue weighted by molar-refractivity contribution is 7.12. The molecule has 1 amide bonds. The van der Waals surface area contributed by atoms with E-state index >= 15 is 0 Å². The van der Waals surface area contributed by atoms with Gasteiger partial charge in [-0.3, -0.25) is 4.79 Å². The van der Waals surface area contributed by atoms with Crippen molar-refractivity contribution in [3.05, 3.63) is 22.4 Å². The van der Waals surface area contributed by atoms with E-state index in [2.05, 4.69) is 5.32 Å². The second-order valence-electron chi connectivity index (χ2n) is 3.34. The number of amides is 1. The van der Waals surface area contributed by atoms with E-state index in [1.165, 1.54) is 11.3 Å². The number of ether oxygens (including phenoxy) is 1. The molecule has 0 radical (unpaired) electrons. The Kier molecular flexibility index (Phi) is 4.98. The molecule has 88 valence electrons. The molecule has 0 saturated heterocycles. The fraction of sp³-hybridized carbons (Fsp3) is 0.455. The van der Waals surface area contributed by atoms with Crippen molar-refractivity contribution in [1.29, 1.82) is 0 Å². The summed E-state index contributed by atoms with van der Waals surface area (Å²) < 4.78 is 4.92. The average Bonchev–Trinajstić information content (AvgIpc) is 2.79. The third-order valence-corrected chi connectivity index (χ3v) is 2.76. The minimum absolute atomic E-state index is 0.240. The quantitative estimate of drug-likeness (QED) is 0.800. The Balaban J connectivity index is 2.42. The summed E-state index contributed by atoms with van der Waals surface area (Å²) in [5, 5.41) is 4.40. The first-order valence-corrected chi connectivity index (χ1v) is 6.04. The predicted molar refractivity (Wildman–Crippen MR) is 62.5 cm³/mol. The largest absolute Gasteiger partial charge is 0.464 e. The van der Waals surface area contributed by atoms with Crippen LogP contribution in [0.5, 0.6) is 0 Å². The molecule has 0 aliphatic carbocycles. The molecule has 16 heavy (non-hydrogen) atoms. The number of carbonyl (C=O) groups excluding carboxylic acids is 2. The second kappa shape index (κ2) is 6.27. The summed E-state index contributed by atoms with van der Waals surface area (Å²) in [4.78, 5) is 23.6. The van der Waals surface area contributed by atoms with Crippen LogP contribution in [-0.4, -0.2) is 24.5 Å². The van der Waals surface area contributed by atoms with Crippen LogP contribution in [0.1, 0.15) is 29.9 Å². The molecule has 0 aliphatic heterocycles. The predicted octanol–water partition coefficient (Wildman–Crippen LogP) is 1.82. The van der Waals surface area contributed by atoms with Crippen LogP contribution in [0.2, 0.25) is 0 Å². The second-order valence-corrected chi connectivity index (χ2v) is 4.29. The Hall–Kier alpha value is -1.36. The van der Waals surface area contributed by atoms with E-state index in [0.29, 0.717) is 11.5 Å². The van der Waals surface area contributed by atoms with Gasteiger partial charge in [0.2, 0.25) is 0 Å². The van der Waals surface area contributed by atoms with Gasteiger partial charge in [-0.15, -0.1) is 11.3 Å². The van der Waals surface area contributed by atoms with Crippen molar-refractivity contribution in [3.8, 4) is 0 Å². The van der Waals surface area contributed by atoms with Gasteiger partial charge in [-0.25, -0.2) is 4.79 Å². The number of nitrogens with one attached hydrogen (secondary N) is 1. The minimum atomic E-state index is -0.610. The summed E-state index contributed by atoms with van der Waals surface area (Å²) in [7, 11) is 0. The topological polar surface area (TPSA) is 55.4 Å². The lowest BCUT2D eigenvalue weighted by molar-refractivity contribution is -0.145. The van der Waals surface area contributed by atoms with E-state index in [-0.39, 0.29) is 5.91 Å². The van der Waals surface area contributed by atoms with Crippen LogP contribution in [0.4, 0.5) is 0 Å². The molecular weight excluding hydrogens is 226 g/mol. The minimum Gasteiger partial charge on any atom is -0.464 e. The van der Waals surface area contributed by atoms with Gasteiger partial charge in [-0.05, 0) is 24.8 Å². The van der Waals surface area contributed by atoms with Gasteiger partial charge in [0.05, 0.1) is 11.5 Å². The van der Waals surface area contributed by atoms with Gasteiger partial charge >= 0.3 is 5.97 Å². The smallest absolute Gasteiger partial charge is 0.328 e. The lowest BCUT2D eigenvalue weighted by atomic mass is 10.3. The number of thiophene rings is 1. The Morgan fingerprint density at radius 3 is 2.88 bits per heavy atom. The van der Waals surface area contributed by atoms with Crippen LogP contribution in [0.3, 0.4) is 0 Å². The van der Waals surface area contributed by atoms with Crippen molar-refractivity contribution in [2.45, 2.75) is 26.3 Å². The first-order valence-electron chi connectivity index (χ1n) is 5.16. The highest BCUT2D eigenvalue weighted by Crippen LogP contribution is 2.08. The van der Waals surface area contributed by atoms with Crippen molar-refractivity contribution in [1.82, 2.24) is 5.32 Å². The molecule has 1 heterocycles. The number of hydrogen-bond acceptors (Lipinski definition) is 4. The lowest BCUT2D eigenvalue weighted by Crippen LogP contribution is -2.39. The van der Waals surface area contributed by atoms with Crippen LogP contribution in [0.25, 0.3) is 0 Å². The molecule has 1 aromatic heterocycles. The van der Waals surface area contributed by atoms with Gasteiger partial charge in [0.15, 0.2) is 0 Å². The lowest BCUT2D eigenvalue weighted by Gasteiger charge is -2.12. The SMILES string of the molecule is CCCOC(=O)[C@@H](C)NC(=O)c1cccs1. The highest BCUT2D eigenvalue weighted by Gasteiger charge is 2.17. The summed E-state index contributed by atoms with van der Waals surface area (Å²) >= 11 is 1.34. The van der Waals surface area contributed by atoms with Crippen LogP contribution < -0.4 is 5.32 Å². The Bertz CT molecular complexity index is 348. The fourth-order valence-electron chi connectivity index (χ4n) is 1.06. The van der Waals surface area contributed by atoms with Crippen LogP contribution in [-0.2, 0) is 9.53 Å². The number of esters is 1. The van der Waals surface area contributed by atoms with Crippen molar-refractivity contribution < 1.29 is 14.3 Å². The van der Waals surface area contributed by atoms with Crippen molar-refractivity contribution in [3.63, 3.8) is 0 Å². The van der Waals surface area contributed by atoms with E-state index in [9.17, 15) is 9.59 Å². The normalized spacial score (nSPS) is 11.9. The fourth-order valence-corrected chi connectivity index (χ4v) is 1.69. The molecule has 5 heteroatoms. The maximum atomic E-state index is 11.6. The van der Waals surface area contributed by atoms with Crippen molar-refractivity contribution in [2.75, 3.05) is 6.61 Å². The molecule has 1 rings (SSSR count). The molecule has 1 aromatic rings. The van der Waals surface area contributed by atoms with E-state index in [1.807, 2.05) is 12.3 Å². The van der Waals surface area contributed by atoms with E-state index in [0.717, 1.165) is 6.42 Å². The molecule has 0 aromatic carbocycles. The van der Waals surface area contributed by atoms with Crippen LogP contribution >= 0.6 is 11.3 Å². The molecule has 0 unspecified atom stereocenters. The third kappa shape index (κ3) is 3.66. The Labute approximate surface area is 98.6 Å². The van der Waals surface area contributed by atoms with Crippen molar-refractivity contribution in [2.24, 2.45) is 0 Å². The summed E-state index contributed by atoms with van der Waals surface area (Å²) in [6, 6.07) is 2.89. The van der Waals surface area contributed by atoms with Gasteiger partial charge in [-0.2, -0.15) is 0 Å². The third-order valence-electron chi connectivity index (χ3n) is 1.89. The van der Waals surface area contributed by atoms with E-state index in [1.54, 1.807) is 19.1 Å². The molecule has 4 nitrogen and oxygen atoms in total. The van der Waals surface area contributed by atoms with Crippen molar-refractivity contribution >= 4 is 23.2 Å². The van der Waals surface area contributed by atoms with Crippen LogP contribution in [0, 0.1) is 0 Å². The van der Waals surface area contributed by atoms with E-state index < -0.39 is 12.0 Å². The highest BCUT2D eigenvalue weighted by atomic mass is 32.1. The zero-order valence-corrected chi connectivity index (χ0v) is 10.2. The number of carbonyl (C=O) groups is 2. The Morgan fingerprint density at radius 2 is 2.31 bits per heavy atom. The first kappa shape index (κ1) is 12.7. The molecule has 0 saturated carbocycles. The molecular formula is C11H15NO3S. The number of hydrogen-bond donors (Lipinski definition) is 1. The van der Waals surface area contributed by atoms with Gasteiger partial charge < -0.3 is 10.1 Å². The average molecular weight is 241 g/mol. The summed E-state index contributed by atoms with van der Waals surface area (Å²) in [6.45, 7) is 3.92. The van der Waals surface area contributed by atoms with Gasteiger partial charge in [0.25, 0.3) is 5.91 Å². The zero-order chi connectivity index (χ0) is 12.0. The molecule has 1 N–H and O–H groups in total. The van der Waals surface area contributed by atoms with Gasteiger partial charge in [-0.1, -0.05) is 13.0 Å². The number of rotatable bonds is 5. The molecule has 0 fully saturated rings. The van der Waals surface area contributed by atoms with E-state index in [4.69, 9.17) is 4.74 Å². The molecule has 0 bridgehead atoms. The molecule has 1 atom stereocenters.